The number of allylic oxidation sites excluding steroid dienone is 2. The summed E-state index contributed by atoms with van der Waals surface area (Å²) in [4.78, 5) is 12.0. The number of carbonyl (C=O) groups is 1. The van der Waals surface area contributed by atoms with Crippen LogP contribution in [0.4, 0.5) is 0 Å². The van der Waals surface area contributed by atoms with Crippen LogP contribution in [-0.4, -0.2) is 39.6 Å². The van der Waals surface area contributed by atoms with E-state index >= 15 is 0 Å². The summed E-state index contributed by atoms with van der Waals surface area (Å²) < 4.78 is 11.6. The van der Waals surface area contributed by atoms with Gasteiger partial charge in [-0.2, -0.15) is 0 Å². The Morgan fingerprint density at radius 2 is 2.10 bits per heavy atom. The second-order valence-electron chi connectivity index (χ2n) is 4.61. The van der Waals surface area contributed by atoms with Gasteiger partial charge >= 0.3 is 133 Å². The van der Waals surface area contributed by atoms with Crippen LogP contribution >= 0.6 is 0 Å². The van der Waals surface area contributed by atoms with Crippen molar-refractivity contribution in [2.24, 2.45) is 0 Å². The number of hydrogen-bond acceptors (Lipinski definition) is 3. The fourth-order valence-electron chi connectivity index (χ4n) is 1.70. The van der Waals surface area contributed by atoms with Gasteiger partial charge in [-0.05, 0) is 0 Å². The molecule has 0 N–H and O–H groups in total. The van der Waals surface area contributed by atoms with Crippen LogP contribution in [-0.2, 0) is 14.3 Å². The minimum absolute atomic E-state index is 0.0389. The number of hydrogen-bond donors (Lipinski definition) is 0. The van der Waals surface area contributed by atoms with Crippen molar-refractivity contribution in [2.75, 3.05) is 13.9 Å². The molecule has 1 aromatic rings. The molecule has 0 unspecified atom stereocenters. The number of methoxy groups -OCH3 is 1. The first kappa shape index (κ1) is 17.9. The van der Waals surface area contributed by atoms with E-state index in [1.807, 2.05) is 37.3 Å². The first-order valence-electron chi connectivity index (χ1n) is 6.83. The van der Waals surface area contributed by atoms with E-state index in [-0.39, 0.29) is 32.5 Å². The molecule has 4 heteroatoms. The van der Waals surface area contributed by atoms with Crippen molar-refractivity contribution in [1.82, 2.24) is 0 Å². The van der Waals surface area contributed by atoms with E-state index in [1.54, 1.807) is 19.3 Å². The van der Waals surface area contributed by atoms with Crippen molar-refractivity contribution in [3.05, 3.63) is 54.6 Å². The average molecular weight is 353 g/mol. The Morgan fingerprint density at radius 1 is 1.38 bits per heavy atom. The molecule has 0 spiro atoms. The van der Waals surface area contributed by atoms with Crippen molar-refractivity contribution in [3.63, 3.8) is 0 Å². The fourth-order valence-corrected chi connectivity index (χ4v) is 3.35. The molecular weight excluding hydrogens is 331 g/mol. The zero-order valence-electron chi connectivity index (χ0n) is 12.6. The van der Waals surface area contributed by atoms with Gasteiger partial charge < -0.3 is 0 Å². The van der Waals surface area contributed by atoms with Gasteiger partial charge in [0.1, 0.15) is 0 Å². The molecule has 3 nitrogen and oxygen atoms in total. The Kier molecular flexibility index (Phi) is 8.95. The van der Waals surface area contributed by atoms with Crippen molar-refractivity contribution in [1.29, 1.82) is 0 Å². The van der Waals surface area contributed by atoms with Crippen molar-refractivity contribution < 1.29 is 14.3 Å². The molecule has 1 atom stereocenters. The van der Waals surface area contributed by atoms with Crippen LogP contribution in [0.1, 0.15) is 19.8 Å². The van der Waals surface area contributed by atoms with Gasteiger partial charge in [-0.1, -0.05) is 0 Å². The van der Waals surface area contributed by atoms with Crippen LogP contribution in [0.5, 0.6) is 0 Å². The summed E-state index contributed by atoms with van der Waals surface area (Å²) in [6.07, 6.45) is 5.10. The molecule has 0 saturated heterocycles. The average Bonchev–Trinajstić information content (AvgIpc) is 2.48. The van der Waals surface area contributed by atoms with Crippen LogP contribution in [0, 0.1) is 0 Å². The topological polar surface area (TPSA) is 35.5 Å². The predicted molar refractivity (Wildman–Crippen MR) is 86.8 cm³/mol. The minimum atomic E-state index is -0.146. The maximum atomic E-state index is 12.0. The number of benzene rings is 1. The molecule has 0 fully saturated rings. The summed E-state index contributed by atoms with van der Waals surface area (Å²) >= 11 is -0.146. The van der Waals surface area contributed by atoms with E-state index in [9.17, 15) is 4.79 Å². The third-order valence-corrected chi connectivity index (χ3v) is 4.55. The molecule has 0 aromatic heterocycles. The summed E-state index contributed by atoms with van der Waals surface area (Å²) in [5, 5.41) is 0. The number of carbonyl (C=O) groups excluding carboxylic acids is 1. The van der Waals surface area contributed by atoms with E-state index in [1.165, 1.54) is 0 Å². The van der Waals surface area contributed by atoms with E-state index in [0.29, 0.717) is 0 Å². The standard InChI is InChI=1S/C17H22O3Se/c1-4-15(20-13-19-3)11-10-14(2)12-17(18)21-16-8-6-5-7-9-16/h4-9,12,15H,1,10-11,13H2,2-3H3/b14-12+/t15-/m0/s1. The Labute approximate surface area is 133 Å². The molecular formula is C17H22O3Se. The predicted octanol–water partition coefficient (Wildman–Crippen LogP) is 2.44. The number of ether oxygens (including phenoxy) is 2. The molecule has 0 saturated carbocycles. The first-order chi connectivity index (χ1) is 10.2. The van der Waals surface area contributed by atoms with Crippen LogP contribution in [0.2, 0.25) is 0 Å². The second kappa shape index (κ2) is 10.5. The Morgan fingerprint density at radius 3 is 2.71 bits per heavy atom. The van der Waals surface area contributed by atoms with Gasteiger partial charge in [-0.25, -0.2) is 0 Å². The molecule has 0 radical (unpaired) electrons. The molecule has 1 aromatic carbocycles. The van der Waals surface area contributed by atoms with E-state index in [4.69, 9.17) is 9.47 Å². The molecule has 1 rings (SSSR count). The van der Waals surface area contributed by atoms with Crippen molar-refractivity contribution >= 4 is 24.1 Å². The fraction of sp³-hybridized carbons (Fsp3) is 0.353. The summed E-state index contributed by atoms with van der Waals surface area (Å²) in [6.45, 7) is 5.99. The third-order valence-electron chi connectivity index (χ3n) is 2.81. The molecule has 0 aliphatic heterocycles. The molecule has 0 amide bonds. The van der Waals surface area contributed by atoms with Gasteiger partial charge in [-0.15, -0.1) is 0 Å². The van der Waals surface area contributed by atoms with Gasteiger partial charge in [0.05, 0.1) is 0 Å². The first-order valence-corrected chi connectivity index (χ1v) is 8.54. The quantitative estimate of drug-likeness (QED) is 0.281. The van der Waals surface area contributed by atoms with Gasteiger partial charge in [0, 0.05) is 0 Å². The molecule has 0 heterocycles. The Balaban J connectivity index is 2.41. The Bertz CT molecular complexity index is 468. The molecule has 0 bridgehead atoms. The summed E-state index contributed by atoms with van der Waals surface area (Å²) in [6, 6.07) is 9.87. The van der Waals surface area contributed by atoms with Crippen molar-refractivity contribution in [3.8, 4) is 0 Å². The van der Waals surface area contributed by atoms with E-state index < -0.39 is 0 Å². The van der Waals surface area contributed by atoms with Gasteiger partial charge in [-0.3, -0.25) is 0 Å². The summed E-state index contributed by atoms with van der Waals surface area (Å²) in [7, 11) is 1.59. The van der Waals surface area contributed by atoms with Crippen LogP contribution in [0.3, 0.4) is 0 Å². The molecule has 0 aliphatic carbocycles. The van der Waals surface area contributed by atoms with Gasteiger partial charge in [0.15, 0.2) is 0 Å². The van der Waals surface area contributed by atoms with Crippen LogP contribution < -0.4 is 4.46 Å². The zero-order valence-corrected chi connectivity index (χ0v) is 14.3. The molecule has 0 aliphatic rings. The van der Waals surface area contributed by atoms with Crippen molar-refractivity contribution in [2.45, 2.75) is 25.9 Å². The Hall–Kier alpha value is -1.19. The normalized spacial score (nSPS) is 13.0. The van der Waals surface area contributed by atoms with Crippen LogP contribution in [0.25, 0.3) is 0 Å². The molecule has 21 heavy (non-hydrogen) atoms. The van der Waals surface area contributed by atoms with Crippen LogP contribution in [0.15, 0.2) is 54.6 Å². The molecule has 114 valence electrons. The zero-order chi connectivity index (χ0) is 15.5. The van der Waals surface area contributed by atoms with Gasteiger partial charge in [0.2, 0.25) is 0 Å². The van der Waals surface area contributed by atoms with E-state index in [0.717, 1.165) is 22.9 Å². The third kappa shape index (κ3) is 7.98. The second-order valence-corrected chi connectivity index (χ2v) is 6.87. The summed E-state index contributed by atoms with van der Waals surface area (Å²) in [5.41, 5.74) is 1.07. The number of rotatable bonds is 10. The maximum absolute atomic E-state index is 12.0. The van der Waals surface area contributed by atoms with E-state index in [2.05, 4.69) is 6.58 Å². The SMILES string of the molecule is C=C[C@@H](CC/C(C)=C/C(=O)[Se]c1ccccc1)OCOC. The summed E-state index contributed by atoms with van der Waals surface area (Å²) in [5.74, 6) is 0. The monoisotopic (exact) mass is 354 g/mol. The van der Waals surface area contributed by atoms with Gasteiger partial charge in [0.25, 0.3) is 0 Å².